The van der Waals surface area contributed by atoms with Crippen LogP contribution in [0.5, 0.6) is 0 Å². The monoisotopic (exact) mass is 236 g/mol. The minimum atomic E-state index is -0.346. The Labute approximate surface area is 102 Å². The number of furan rings is 1. The zero-order valence-corrected chi connectivity index (χ0v) is 10.2. The molecule has 0 bridgehead atoms. The summed E-state index contributed by atoms with van der Waals surface area (Å²) in [5.74, 6) is 0.852. The zero-order chi connectivity index (χ0) is 12.3. The lowest BCUT2D eigenvalue weighted by molar-refractivity contribution is -0.131. The van der Waals surface area contributed by atoms with Crippen LogP contribution in [-0.4, -0.2) is 12.5 Å². The van der Waals surface area contributed by atoms with E-state index in [0.29, 0.717) is 6.54 Å². The Hall–Kier alpha value is -1.29. The molecule has 4 nitrogen and oxygen atoms in total. The smallest absolute Gasteiger partial charge is 0.228 e. The summed E-state index contributed by atoms with van der Waals surface area (Å²) in [5, 5.41) is 3.00. The lowest BCUT2D eigenvalue weighted by Gasteiger charge is -2.27. The highest BCUT2D eigenvalue weighted by Crippen LogP contribution is 2.37. The van der Waals surface area contributed by atoms with E-state index in [1.807, 2.05) is 19.1 Å². The van der Waals surface area contributed by atoms with Crippen LogP contribution < -0.4 is 11.1 Å². The highest BCUT2D eigenvalue weighted by molar-refractivity contribution is 5.83. The second-order valence-corrected chi connectivity index (χ2v) is 4.90. The summed E-state index contributed by atoms with van der Waals surface area (Å²) in [7, 11) is 0. The third-order valence-electron chi connectivity index (χ3n) is 3.75. The summed E-state index contributed by atoms with van der Waals surface area (Å²) >= 11 is 0. The number of nitrogens with two attached hydrogens (primary N) is 1. The standard InChI is InChI=1S/C13H20N2O2/c1-10(11-5-4-8-17-11)15-12(16)13(9-14)6-2-3-7-13/h4-5,8,10H,2-3,6-7,9,14H2,1H3,(H,15,16)/t10-/m0/s1. The fourth-order valence-corrected chi connectivity index (χ4v) is 2.53. The first-order chi connectivity index (χ1) is 8.18. The number of rotatable bonds is 4. The second-order valence-electron chi connectivity index (χ2n) is 4.90. The minimum absolute atomic E-state index is 0.0707. The molecular formula is C13H20N2O2. The van der Waals surface area contributed by atoms with Crippen LogP contribution in [0.4, 0.5) is 0 Å². The van der Waals surface area contributed by atoms with E-state index < -0.39 is 0 Å². The van der Waals surface area contributed by atoms with Gasteiger partial charge in [0.25, 0.3) is 0 Å². The molecule has 0 unspecified atom stereocenters. The minimum Gasteiger partial charge on any atom is -0.467 e. The van der Waals surface area contributed by atoms with Gasteiger partial charge in [0, 0.05) is 6.54 Å². The molecule has 0 saturated heterocycles. The molecule has 94 valence electrons. The third kappa shape index (κ3) is 2.36. The van der Waals surface area contributed by atoms with Crippen molar-refractivity contribution in [1.29, 1.82) is 0 Å². The van der Waals surface area contributed by atoms with Gasteiger partial charge in [-0.3, -0.25) is 4.79 Å². The van der Waals surface area contributed by atoms with Gasteiger partial charge in [0.2, 0.25) is 5.91 Å². The van der Waals surface area contributed by atoms with Gasteiger partial charge in [-0.05, 0) is 31.9 Å². The quantitative estimate of drug-likeness (QED) is 0.839. The Morgan fingerprint density at radius 1 is 1.59 bits per heavy atom. The molecule has 17 heavy (non-hydrogen) atoms. The Morgan fingerprint density at radius 3 is 2.82 bits per heavy atom. The van der Waals surface area contributed by atoms with Crippen molar-refractivity contribution in [1.82, 2.24) is 5.32 Å². The van der Waals surface area contributed by atoms with E-state index in [0.717, 1.165) is 31.4 Å². The predicted octanol–water partition coefficient (Wildman–Crippen LogP) is 1.98. The lowest BCUT2D eigenvalue weighted by atomic mass is 9.85. The molecule has 1 fully saturated rings. The summed E-state index contributed by atoms with van der Waals surface area (Å²) in [5.41, 5.74) is 5.43. The van der Waals surface area contributed by atoms with Crippen LogP contribution in [0.2, 0.25) is 0 Å². The topological polar surface area (TPSA) is 68.3 Å². The molecular weight excluding hydrogens is 216 g/mol. The molecule has 1 aliphatic carbocycles. The van der Waals surface area contributed by atoms with Crippen molar-refractivity contribution in [2.75, 3.05) is 6.54 Å². The highest BCUT2D eigenvalue weighted by Gasteiger charge is 2.40. The number of hydrogen-bond acceptors (Lipinski definition) is 3. The molecule has 1 aliphatic rings. The molecule has 2 rings (SSSR count). The average molecular weight is 236 g/mol. The first-order valence-electron chi connectivity index (χ1n) is 6.22. The summed E-state index contributed by atoms with van der Waals surface area (Å²) in [6.07, 6.45) is 5.62. The summed E-state index contributed by atoms with van der Waals surface area (Å²) < 4.78 is 5.28. The van der Waals surface area contributed by atoms with Gasteiger partial charge in [0.1, 0.15) is 5.76 Å². The summed E-state index contributed by atoms with van der Waals surface area (Å²) in [6.45, 7) is 2.36. The van der Waals surface area contributed by atoms with Gasteiger partial charge in [0.15, 0.2) is 0 Å². The molecule has 1 atom stereocenters. The van der Waals surface area contributed by atoms with Crippen molar-refractivity contribution in [3.63, 3.8) is 0 Å². The molecule has 3 N–H and O–H groups in total. The van der Waals surface area contributed by atoms with Gasteiger partial charge in [0.05, 0.1) is 17.7 Å². The van der Waals surface area contributed by atoms with E-state index in [1.54, 1.807) is 6.26 Å². The number of nitrogens with one attached hydrogen (secondary N) is 1. The van der Waals surface area contributed by atoms with Gasteiger partial charge in [-0.15, -0.1) is 0 Å². The van der Waals surface area contributed by atoms with Crippen LogP contribution >= 0.6 is 0 Å². The Morgan fingerprint density at radius 2 is 2.29 bits per heavy atom. The molecule has 0 spiro atoms. The van der Waals surface area contributed by atoms with Crippen molar-refractivity contribution in [3.8, 4) is 0 Å². The average Bonchev–Trinajstić information content (AvgIpc) is 3.01. The van der Waals surface area contributed by atoms with Crippen LogP contribution in [0.15, 0.2) is 22.8 Å². The number of carbonyl (C=O) groups excluding carboxylic acids is 1. The van der Waals surface area contributed by atoms with Gasteiger partial charge >= 0.3 is 0 Å². The first kappa shape index (κ1) is 12.2. The zero-order valence-electron chi connectivity index (χ0n) is 10.2. The van der Waals surface area contributed by atoms with Crippen molar-refractivity contribution < 1.29 is 9.21 Å². The van der Waals surface area contributed by atoms with Crippen molar-refractivity contribution >= 4 is 5.91 Å². The van der Waals surface area contributed by atoms with E-state index in [9.17, 15) is 4.79 Å². The first-order valence-corrected chi connectivity index (χ1v) is 6.22. The van der Waals surface area contributed by atoms with E-state index in [4.69, 9.17) is 10.2 Å². The second kappa shape index (κ2) is 4.92. The maximum absolute atomic E-state index is 12.3. The molecule has 0 aliphatic heterocycles. The molecule has 1 amide bonds. The van der Waals surface area contributed by atoms with E-state index in [1.165, 1.54) is 0 Å². The number of amides is 1. The fraction of sp³-hybridized carbons (Fsp3) is 0.615. The largest absolute Gasteiger partial charge is 0.467 e. The van der Waals surface area contributed by atoms with Crippen molar-refractivity contribution in [3.05, 3.63) is 24.2 Å². The van der Waals surface area contributed by atoms with Gasteiger partial charge in [-0.1, -0.05) is 12.8 Å². The molecule has 1 aromatic rings. The fourth-order valence-electron chi connectivity index (χ4n) is 2.53. The number of hydrogen-bond donors (Lipinski definition) is 2. The van der Waals surface area contributed by atoms with E-state index in [2.05, 4.69) is 5.32 Å². The maximum atomic E-state index is 12.3. The number of carbonyl (C=O) groups is 1. The van der Waals surface area contributed by atoms with Crippen LogP contribution in [-0.2, 0) is 4.79 Å². The molecule has 0 aromatic carbocycles. The Bertz CT molecular complexity index is 367. The molecule has 1 saturated carbocycles. The summed E-state index contributed by atoms with van der Waals surface area (Å²) in [4.78, 5) is 12.3. The van der Waals surface area contributed by atoms with E-state index >= 15 is 0 Å². The van der Waals surface area contributed by atoms with Gasteiger partial charge in [-0.25, -0.2) is 0 Å². The highest BCUT2D eigenvalue weighted by atomic mass is 16.3. The molecule has 1 heterocycles. The van der Waals surface area contributed by atoms with Crippen molar-refractivity contribution in [2.24, 2.45) is 11.1 Å². The van der Waals surface area contributed by atoms with E-state index in [-0.39, 0.29) is 17.4 Å². The van der Waals surface area contributed by atoms with Crippen LogP contribution in [0.25, 0.3) is 0 Å². The molecule has 4 heteroatoms. The third-order valence-corrected chi connectivity index (χ3v) is 3.75. The van der Waals surface area contributed by atoms with Crippen LogP contribution in [0.1, 0.15) is 44.4 Å². The molecule has 1 aromatic heterocycles. The molecule has 0 radical (unpaired) electrons. The normalized spacial score (nSPS) is 20.1. The Balaban J connectivity index is 2.01. The van der Waals surface area contributed by atoms with Gasteiger partial charge < -0.3 is 15.5 Å². The van der Waals surface area contributed by atoms with Crippen LogP contribution in [0, 0.1) is 5.41 Å². The Kier molecular flexibility index (Phi) is 3.52. The van der Waals surface area contributed by atoms with Crippen molar-refractivity contribution in [2.45, 2.75) is 38.6 Å². The summed E-state index contributed by atoms with van der Waals surface area (Å²) in [6, 6.07) is 3.60. The maximum Gasteiger partial charge on any atom is 0.228 e. The van der Waals surface area contributed by atoms with Gasteiger partial charge in [-0.2, -0.15) is 0 Å². The lowest BCUT2D eigenvalue weighted by Crippen LogP contribution is -2.44. The van der Waals surface area contributed by atoms with Crippen LogP contribution in [0.3, 0.4) is 0 Å². The predicted molar refractivity (Wildman–Crippen MR) is 65.2 cm³/mol. The SMILES string of the molecule is C[C@H](NC(=O)C1(CN)CCCC1)c1ccco1.